The molecule has 0 bridgehead atoms. The molecule has 0 radical (unpaired) electrons. The van der Waals surface area contributed by atoms with E-state index in [2.05, 4.69) is 5.16 Å². The van der Waals surface area contributed by atoms with E-state index in [4.69, 9.17) is 27.3 Å². The van der Waals surface area contributed by atoms with Gasteiger partial charge in [-0.3, -0.25) is 0 Å². The maximum atomic E-state index is 13.5. The molecule has 0 fully saturated rings. The third-order valence-electron chi connectivity index (χ3n) is 2.70. The third kappa shape index (κ3) is 3.19. The van der Waals surface area contributed by atoms with E-state index in [0.717, 1.165) is 0 Å². The average Bonchev–Trinajstić information content (AvgIpc) is 2.46. The Morgan fingerprint density at radius 3 is 2.55 bits per heavy atom. The summed E-state index contributed by atoms with van der Waals surface area (Å²) in [4.78, 5) is 0. The van der Waals surface area contributed by atoms with Crippen molar-refractivity contribution < 1.29 is 14.3 Å². The highest BCUT2D eigenvalue weighted by Crippen LogP contribution is 2.21. The van der Waals surface area contributed by atoms with E-state index in [1.807, 2.05) is 0 Å². The van der Waals surface area contributed by atoms with Crippen LogP contribution in [0.2, 0.25) is 5.02 Å². The minimum Gasteiger partial charge on any atom is -0.489 e. The van der Waals surface area contributed by atoms with Crippen molar-refractivity contribution in [2.75, 3.05) is 0 Å². The molecule has 0 saturated heterocycles. The summed E-state index contributed by atoms with van der Waals surface area (Å²) in [6.45, 7) is 0.0222. The number of amidine groups is 1. The standard InChI is InChI=1S/C14H12ClFN2O2/c15-12-2-1-3-13(16)11(12)8-20-10-6-4-9(5-7-10)14(17)18-19/h1-7,19H,8H2,(H2,17,18). The van der Waals surface area contributed by atoms with Gasteiger partial charge in [0.1, 0.15) is 18.2 Å². The monoisotopic (exact) mass is 294 g/mol. The van der Waals surface area contributed by atoms with Crippen LogP contribution in [0.4, 0.5) is 4.39 Å². The van der Waals surface area contributed by atoms with Crippen molar-refractivity contribution in [3.63, 3.8) is 0 Å². The predicted octanol–water partition coefficient (Wildman–Crippen LogP) is 3.15. The molecule has 2 aromatic carbocycles. The Balaban J connectivity index is 2.08. The highest BCUT2D eigenvalue weighted by molar-refractivity contribution is 6.31. The molecule has 2 rings (SSSR count). The highest BCUT2D eigenvalue weighted by Gasteiger charge is 2.07. The maximum Gasteiger partial charge on any atom is 0.170 e. The largest absolute Gasteiger partial charge is 0.489 e. The van der Waals surface area contributed by atoms with Gasteiger partial charge < -0.3 is 15.7 Å². The number of hydrogen-bond donors (Lipinski definition) is 2. The van der Waals surface area contributed by atoms with Crippen LogP contribution < -0.4 is 10.5 Å². The Morgan fingerprint density at radius 1 is 1.25 bits per heavy atom. The second-order valence-electron chi connectivity index (χ2n) is 4.00. The summed E-state index contributed by atoms with van der Waals surface area (Å²) in [6.07, 6.45) is 0. The summed E-state index contributed by atoms with van der Waals surface area (Å²) in [5.41, 5.74) is 6.30. The van der Waals surface area contributed by atoms with Crippen molar-refractivity contribution >= 4 is 17.4 Å². The molecule has 0 unspecified atom stereocenters. The average molecular weight is 295 g/mol. The molecule has 0 saturated carbocycles. The van der Waals surface area contributed by atoms with Crippen molar-refractivity contribution in [2.24, 2.45) is 10.9 Å². The van der Waals surface area contributed by atoms with Crippen LogP contribution in [0, 0.1) is 5.82 Å². The van der Waals surface area contributed by atoms with Gasteiger partial charge in [-0.15, -0.1) is 0 Å². The first-order valence-electron chi connectivity index (χ1n) is 5.75. The molecule has 20 heavy (non-hydrogen) atoms. The zero-order chi connectivity index (χ0) is 14.5. The maximum absolute atomic E-state index is 13.5. The van der Waals surface area contributed by atoms with Crippen molar-refractivity contribution in [2.45, 2.75) is 6.61 Å². The zero-order valence-corrected chi connectivity index (χ0v) is 11.1. The van der Waals surface area contributed by atoms with Crippen LogP contribution in [0.25, 0.3) is 0 Å². The number of rotatable bonds is 4. The Kier molecular flexibility index (Phi) is 4.42. The Hall–Kier alpha value is -2.27. The smallest absolute Gasteiger partial charge is 0.170 e. The predicted molar refractivity (Wildman–Crippen MR) is 74.7 cm³/mol. The summed E-state index contributed by atoms with van der Waals surface area (Å²) in [6, 6.07) is 11.0. The number of nitrogens with zero attached hydrogens (tertiary/aromatic N) is 1. The molecular weight excluding hydrogens is 283 g/mol. The van der Waals surface area contributed by atoms with Gasteiger partial charge in [0.15, 0.2) is 5.84 Å². The first kappa shape index (κ1) is 14.1. The second-order valence-corrected chi connectivity index (χ2v) is 4.41. The van der Waals surface area contributed by atoms with E-state index >= 15 is 0 Å². The third-order valence-corrected chi connectivity index (χ3v) is 3.06. The topological polar surface area (TPSA) is 67.8 Å². The van der Waals surface area contributed by atoms with Gasteiger partial charge in [-0.05, 0) is 36.4 Å². The quantitative estimate of drug-likeness (QED) is 0.394. The normalized spacial score (nSPS) is 11.4. The van der Waals surface area contributed by atoms with Crippen molar-refractivity contribution in [3.8, 4) is 5.75 Å². The van der Waals surface area contributed by atoms with Crippen molar-refractivity contribution in [3.05, 3.63) is 64.4 Å². The minimum atomic E-state index is -0.411. The fourth-order valence-electron chi connectivity index (χ4n) is 1.61. The molecule has 0 amide bonds. The first-order valence-corrected chi connectivity index (χ1v) is 6.13. The Morgan fingerprint density at radius 2 is 1.95 bits per heavy atom. The fourth-order valence-corrected chi connectivity index (χ4v) is 1.82. The molecule has 104 valence electrons. The van der Waals surface area contributed by atoms with E-state index in [1.54, 1.807) is 30.3 Å². The lowest BCUT2D eigenvalue weighted by Crippen LogP contribution is -2.12. The van der Waals surface area contributed by atoms with Gasteiger partial charge in [0, 0.05) is 11.1 Å². The summed E-state index contributed by atoms with van der Waals surface area (Å²) in [5, 5.41) is 11.8. The van der Waals surface area contributed by atoms with Gasteiger partial charge in [0.25, 0.3) is 0 Å². The van der Waals surface area contributed by atoms with Crippen LogP contribution in [-0.4, -0.2) is 11.0 Å². The minimum absolute atomic E-state index is 0.00805. The van der Waals surface area contributed by atoms with Crippen molar-refractivity contribution in [1.29, 1.82) is 0 Å². The number of oxime groups is 1. The van der Waals surface area contributed by atoms with Crippen LogP contribution in [0.15, 0.2) is 47.6 Å². The van der Waals surface area contributed by atoms with E-state index in [0.29, 0.717) is 21.9 Å². The molecular formula is C14H12ClFN2O2. The molecule has 0 atom stereocenters. The second kappa shape index (κ2) is 6.25. The van der Waals surface area contributed by atoms with E-state index in [1.165, 1.54) is 12.1 Å². The number of nitrogens with two attached hydrogens (primary N) is 1. The zero-order valence-electron chi connectivity index (χ0n) is 10.4. The van der Waals surface area contributed by atoms with Crippen LogP contribution in [0.1, 0.15) is 11.1 Å². The van der Waals surface area contributed by atoms with Crippen LogP contribution in [0.3, 0.4) is 0 Å². The number of ether oxygens (including phenoxy) is 1. The summed E-state index contributed by atoms with van der Waals surface area (Å²) in [7, 11) is 0. The van der Waals surface area contributed by atoms with Gasteiger partial charge in [0.05, 0.1) is 5.02 Å². The number of benzene rings is 2. The Bertz CT molecular complexity index is 609. The lowest BCUT2D eigenvalue weighted by atomic mass is 10.2. The number of halogens is 2. The van der Waals surface area contributed by atoms with Gasteiger partial charge in [-0.2, -0.15) is 0 Å². The molecule has 0 aromatic heterocycles. The molecule has 0 aliphatic heterocycles. The Labute approximate surface area is 120 Å². The van der Waals surface area contributed by atoms with E-state index < -0.39 is 5.82 Å². The molecule has 6 heteroatoms. The summed E-state index contributed by atoms with van der Waals surface area (Å²) in [5.74, 6) is 0.123. The molecule has 0 spiro atoms. The molecule has 2 aromatic rings. The van der Waals surface area contributed by atoms with E-state index in [9.17, 15) is 4.39 Å². The lowest BCUT2D eigenvalue weighted by Gasteiger charge is -2.09. The van der Waals surface area contributed by atoms with Crippen molar-refractivity contribution in [1.82, 2.24) is 0 Å². The molecule has 4 nitrogen and oxygen atoms in total. The molecule has 0 heterocycles. The summed E-state index contributed by atoms with van der Waals surface area (Å²) >= 11 is 5.90. The van der Waals surface area contributed by atoms with Gasteiger partial charge in [0.2, 0.25) is 0 Å². The SMILES string of the molecule is NC(=NO)c1ccc(OCc2c(F)cccc2Cl)cc1. The van der Waals surface area contributed by atoms with Crippen LogP contribution in [0.5, 0.6) is 5.75 Å². The van der Waals surface area contributed by atoms with Crippen LogP contribution in [-0.2, 0) is 6.61 Å². The molecule has 0 aliphatic rings. The molecule has 0 aliphatic carbocycles. The fraction of sp³-hybridized carbons (Fsp3) is 0.0714. The highest BCUT2D eigenvalue weighted by atomic mass is 35.5. The van der Waals surface area contributed by atoms with Gasteiger partial charge in [-0.1, -0.05) is 22.8 Å². The van der Waals surface area contributed by atoms with Gasteiger partial charge >= 0.3 is 0 Å². The van der Waals surface area contributed by atoms with Gasteiger partial charge in [-0.25, -0.2) is 4.39 Å². The lowest BCUT2D eigenvalue weighted by molar-refractivity contribution is 0.300. The summed E-state index contributed by atoms with van der Waals surface area (Å²) < 4.78 is 19.0. The number of hydrogen-bond acceptors (Lipinski definition) is 3. The van der Waals surface area contributed by atoms with E-state index in [-0.39, 0.29) is 12.4 Å². The molecule has 3 N–H and O–H groups in total. The first-order chi connectivity index (χ1) is 9.61. The van der Waals surface area contributed by atoms with Crippen LogP contribution >= 0.6 is 11.6 Å².